The molecule has 0 aliphatic carbocycles. The van der Waals surface area contributed by atoms with Crippen molar-refractivity contribution in [3.8, 4) is 0 Å². The topological polar surface area (TPSA) is 67.1 Å². The van der Waals surface area contributed by atoms with Crippen LogP contribution in [0.2, 0.25) is 0 Å². The van der Waals surface area contributed by atoms with E-state index in [1.807, 2.05) is 13.0 Å². The number of hydrogen-bond acceptors (Lipinski definition) is 6. The molecule has 0 fully saturated rings. The van der Waals surface area contributed by atoms with Gasteiger partial charge in [-0.15, -0.1) is 11.3 Å². The van der Waals surface area contributed by atoms with Gasteiger partial charge in [0.15, 0.2) is 0 Å². The van der Waals surface area contributed by atoms with E-state index >= 15 is 0 Å². The summed E-state index contributed by atoms with van der Waals surface area (Å²) in [6.45, 7) is 7.95. The van der Waals surface area contributed by atoms with Crippen LogP contribution in [0.15, 0.2) is 23.6 Å². The van der Waals surface area contributed by atoms with Crippen LogP contribution in [0.5, 0.6) is 0 Å². The van der Waals surface area contributed by atoms with E-state index in [0.29, 0.717) is 18.4 Å². The maximum atomic E-state index is 5.44. The number of nitrogens with zero attached hydrogens (tertiary/aromatic N) is 3. The normalized spacial score (nSPS) is 11.3. The summed E-state index contributed by atoms with van der Waals surface area (Å²) in [5.41, 5.74) is 3.51. The van der Waals surface area contributed by atoms with E-state index in [4.69, 9.17) is 5.84 Å². The highest BCUT2D eigenvalue weighted by atomic mass is 32.1. The molecule has 0 bridgehead atoms. The van der Waals surface area contributed by atoms with Crippen LogP contribution in [-0.4, -0.2) is 20.9 Å². The van der Waals surface area contributed by atoms with E-state index in [1.54, 1.807) is 11.3 Å². The zero-order chi connectivity index (χ0) is 14.5. The van der Waals surface area contributed by atoms with Gasteiger partial charge in [-0.25, -0.2) is 15.8 Å². The second kappa shape index (κ2) is 6.78. The van der Waals surface area contributed by atoms with Crippen LogP contribution in [0.25, 0.3) is 0 Å². The molecule has 3 N–H and O–H groups in total. The molecule has 0 saturated heterocycles. The van der Waals surface area contributed by atoms with Crippen molar-refractivity contribution >= 4 is 17.2 Å². The number of nitrogens with two attached hydrogens (primary N) is 1. The highest BCUT2D eigenvalue weighted by Gasteiger charge is 2.14. The van der Waals surface area contributed by atoms with Crippen molar-refractivity contribution in [1.82, 2.24) is 14.9 Å². The number of aromatic nitrogens is 2. The number of nitrogens with one attached hydrogen (secondary N) is 1. The van der Waals surface area contributed by atoms with Crippen LogP contribution in [0, 0.1) is 6.92 Å². The van der Waals surface area contributed by atoms with Gasteiger partial charge in [-0.05, 0) is 32.2 Å². The molecular weight excluding hydrogens is 270 g/mol. The van der Waals surface area contributed by atoms with Crippen molar-refractivity contribution in [2.24, 2.45) is 5.84 Å². The summed E-state index contributed by atoms with van der Waals surface area (Å²) in [6, 6.07) is 6.50. The smallest absolute Gasteiger partial charge is 0.145 e. The highest BCUT2D eigenvalue weighted by molar-refractivity contribution is 7.09. The van der Waals surface area contributed by atoms with E-state index in [1.165, 1.54) is 4.88 Å². The molecule has 5 nitrogen and oxygen atoms in total. The maximum absolute atomic E-state index is 5.44. The molecule has 2 aromatic rings. The highest BCUT2D eigenvalue weighted by Crippen LogP contribution is 2.16. The van der Waals surface area contributed by atoms with Gasteiger partial charge in [-0.2, -0.15) is 0 Å². The van der Waals surface area contributed by atoms with Crippen LogP contribution in [0.3, 0.4) is 0 Å². The monoisotopic (exact) mass is 291 g/mol. The van der Waals surface area contributed by atoms with Gasteiger partial charge in [0.05, 0.1) is 6.54 Å². The Kier molecular flexibility index (Phi) is 5.05. The average Bonchev–Trinajstić information content (AvgIpc) is 2.90. The fraction of sp³-hybridized carbons (Fsp3) is 0.429. The van der Waals surface area contributed by atoms with Gasteiger partial charge < -0.3 is 5.43 Å². The average molecular weight is 291 g/mol. The van der Waals surface area contributed by atoms with Crippen LogP contribution < -0.4 is 11.3 Å². The fourth-order valence-electron chi connectivity index (χ4n) is 1.98. The van der Waals surface area contributed by atoms with E-state index in [2.05, 4.69) is 51.7 Å². The molecule has 108 valence electrons. The summed E-state index contributed by atoms with van der Waals surface area (Å²) in [5, 5.41) is 2.10. The first-order valence-electron chi connectivity index (χ1n) is 6.66. The predicted octanol–water partition coefficient (Wildman–Crippen LogP) is 2.54. The second-order valence-electron chi connectivity index (χ2n) is 5.03. The van der Waals surface area contributed by atoms with Crippen LogP contribution >= 0.6 is 11.3 Å². The van der Waals surface area contributed by atoms with E-state index < -0.39 is 0 Å². The molecular formula is C14H21N5S. The summed E-state index contributed by atoms with van der Waals surface area (Å²) in [6.07, 6.45) is 0. The molecule has 6 heteroatoms. The molecule has 0 saturated carbocycles. The maximum Gasteiger partial charge on any atom is 0.145 e. The van der Waals surface area contributed by atoms with Gasteiger partial charge in [0, 0.05) is 29.2 Å². The molecule has 0 amide bonds. The van der Waals surface area contributed by atoms with Crippen molar-refractivity contribution in [3.63, 3.8) is 0 Å². The molecule has 0 aromatic carbocycles. The minimum Gasteiger partial charge on any atom is -0.308 e. The van der Waals surface area contributed by atoms with Crippen LogP contribution in [-0.2, 0) is 13.1 Å². The first kappa shape index (κ1) is 14.9. The number of hydrogen-bond donors (Lipinski definition) is 2. The minimum absolute atomic E-state index is 0.426. The molecule has 2 rings (SSSR count). The quantitative estimate of drug-likeness (QED) is 0.632. The minimum atomic E-state index is 0.426. The van der Waals surface area contributed by atoms with Gasteiger partial charge in [0.1, 0.15) is 11.6 Å². The second-order valence-corrected chi connectivity index (χ2v) is 6.07. The molecule has 20 heavy (non-hydrogen) atoms. The number of rotatable bonds is 6. The first-order valence-corrected chi connectivity index (χ1v) is 7.54. The lowest BCUT2D eigenvalue weighted by molar-refractivity contribution is 0.200. The summed E-state index contributed by atoms with van der Waals surface area (Å²) in [5.74, 6) is 6.89. The molecule has 0 spiro atoms. The Labute approximate surface area is 123 Å². The Balaban J connectivity index is 2.13. The third-order valence-corrected chi connectivity index (χ3v) is 3.92. The zero-order valence-electron chi connectivity index (χ0n) is 12.1. The lowest BCUT2D eigenvalue weighted by Crippen LogP contribution is -2.30. The molecule has 0 atom stereocenters. The number of thiophene rings is 1. The molecule has 0 aliphatic rings. The molecule has 2 heterocycles. The Morgan fingerprint density at radius 3 is 2.75 bits per heavy atom. The largest absolute Gasteiger partial charge is 0.308 e. The van der Waals surface area contributed by atoms with Crippen molar-refractivity contribution in [2.45, 2.75) is 39.9 Å². The summed E-state index contributed by atoms with van der Waals surface area (Å²) in [7, 11) is 0. The van der Waals surface area contributed by atoms with E-state index in [9.17, 15) is 0 Å². The molecule has 0 aliphatic heterocycles. The van der Waals surface area contributed by atoms with Crippen molar-refractivity contribution < 1.29 is 0 Å². The number of anilines is 1. The Morgan fingerprint density at radius 2 is 2.15 bits per heavy atom. The van der Waals surface area contributed by atoms with Gasteiger partial charge in [-0.1, -0.05) is 6.07 Å². The Bertz CT molecular complexity index is 539. The predicted molar refractivity (Wildman–Crippen MR) is 83.3 cm³/mol. The fourth-order valence-corrected chi connectivity index (χ4v) is 2.71. The number of nitrogen functional groups attached to an aromatic ring is 1. The summed E-state index contributed by atoms with van der Waals surface area (Å²) < 4.78 is 0. The van der Waals surface area contributed by atoms with Gasteiger partial charge in [-0.3, -0.25) is 4.90 Å². The molecule has 2 aromatic heterocycles. The van der Waals surface area contributed by atoms with E-state index in [0.717, 1.165) is 18.1 Å². The zero-order valence-corrected chi connectivity index (χ0v) is 12.9. The lowest BCUT2D eigenvalue weighted by atomic mass is 10.3. The van der Waals surface area contributed by atoms with Gasteiger partial charge in [0.25, 0.3) is 0 Å². The Hall–Kier alpha value is -1.50. The van der Waals surface area contributed by atoms with Crippen molar-refractivity contribution in [3.05, 3.63) is 40.0 Å². The van der Waals surface area contributed by atoms with Crippen LogP contribution in [0.4, 0.5) is 5.82 Å². The third-order valence-electron chi connectivity index (χ3n) is 3.06. The van der Waals surface area contributed by atoms with Crippen LogP contribution in [0.1, 0.15) is 30.2 Å². The number of aryl methyl sites for hydroxylation is 1. The summed E-state index contributed by atoms with van der Waals surface area (Å²) in [4.78, 5) is 12.6. The van der Waals surface area contributed by atoms with Gasteiger partial charge >= 0.3 is 0 Å². The Morgan fingerprint density at radius 1 is 1.35 bits per heavy atom. The lowest BCUT2D eigenvalue weighted by Gasteiger charge is -2.25. The third kappa shape index (κ3) is 4.00. The molecule has 0 unspecified atom stereocenters. The first-order chi connectivity index (χ1) is 9.58. The van der Waals surface area contributed by atoms with Gasteiger partial charge in [0.2, 0.25) is 0 Å². The summed E-state index contributed by atoms with van der Waals surface area (Å²) >= 11 is 1.78. The molecule has 0 radical (unpaired) electrons. The van der Waals surface area contributed by atoms with E-state index in [-0.39, 0.29) is 0 Å². The number of hydrazine groups is 1. The van der Waals surface area contributed by atoms with Crippen molar-refractivity contribution in [2.75, 3.05) is 5.43 Å². The standard InChI is InChI=1S/C14H21N5S/c1-10(2)19(8-12-5-4-6-20-12)9-14-16-11(3)7-13(17-14)18-15/h4-7,10H,8-9,15H2,1-3H3,(H,16,17,18). The SMILES string of the molecule is Cc1cc(NN)nc(CN(Cc2cccs2)C(C)C)n1. The van der Waals surface area contributed by atoms with Crippen molar-refractivity contribution in [1.29, 1.82) is 0 Å².